The molecule has 0 unspecified atom stereocenters. The number of benzene rings is 1. The zero-order chi connectivity index (χ0) is 12.0. The van der Waals surface area contributed by atoms with Gasteiger partial charge in [0.2, 0.25) is 0 Å². The molecule has 2 rings (SSSR count). The first-order valence-electron chi connectivity index (χ1n) is 5.37. The molecule has 0 spiro atoms. The van der Waals surface area contributed by atoms with Crippen LogP contribution in [0.25, 0.3) is 0 Å². The Morgan fingerprint density at radius 2 is 2.00 bits per heavy atom. The zero-order valence-electron chi connectivity index (χ0n) is 9.87. The summed E-state index contributed by atoms with van der Waals surface area (Å²) in [4.78, 5) is 0.434. The van der Waals surface area contributed by atoms with Crippen molar-refractivity contribution in [1.82, 2.24) is 0 Å². The molecular formula is C12H17NO2S. The molecule has 0 saturated carbocycles. The summed E-state index contributed by atoms with van der Waals surface area (Å²) in [6.45, 7) is 6.58. The van der Waals surface area contributed by atoms with Crippen LogP contribution in [0.3, 0.4) is 0 Å². The third kappa shape index (κ3) is 2.07. The van der Waals surface area contributed by atoms with Crippen LogP contribution in [0.15, 0.2) is 23.1 Å². The Morgan fingerprint density at radius 1 is 1.31 bits per heavy atom. The molecular weight excluding hydrogens is 222 g/mol. The largest absolute Gasteiger partial charge is 0.383 e. The van der Waals surface area contributed by atoms with Crippen molar-refractivity contribution in [2.75, 3.05) is 17.6 Å². The van der Waals surface area contributed by atoms with E-state index in [1.165, 1.54) is 0 Å². The van der Waals surface area contributed by atoms with E-state index in [9.17, 15) is 8.42 Å². The van der Waals surface area contributed by atoms with Crippen molar-refractivity contribution in [2.45, 2.75) is 25.7 Å². The molecule has 1 heterocycles. The van der Waals surface area contributed by atoms with Crippen LogP contribution < -0.4 is 5.32 Å². The molecule has 4 heteroatoms. The second kappa shape index (κ2) is 3.48. The molecule has 0 aromatic heterocycles. The Labute approximate surface area is 96.8 Å². The lowest BCUT2D eigenvalue weighted by Crippen LogP contribution is -2.28. The van der Waals surface area contributed by atoms with E-state index in [0.717, 1.165) is 11.3 Å². The fourth-order valence-corrected chi connectivity index (χ4v) is 4.06. The van der Waals surface area contributed by atoms with E-state index in [2.05, 4.69) is 5.32 Å². The van der Waals surface area contributed by atoms with Gasteiger partial charge in [0.15, 0.2) is 9.84 Å². The van der Waals surface area contributed by atoms with Crippen LogP contribution in [-0.2, 0) is 9.84 Å². The number of sulfone groups is 1. The van der Waals surface area contributed by atoms with Gasteiger partial charge in [0.05, 0.1) is 16.3 Å². The van der Waals surface area contributed by atoms with Gasteiger partial charge in [-0.05, 0) is 30.0 Å². The number of anilines is 1. The normalized spacial score (nSPS) is 21.7. The molecule has 0 fully saturated rings. The Balaban J connectivity index is 2.59. The number of hydrogen-bond donors (Lipinski definition) is 1. The maximum atomic E-state index is 12.2. The highest BCUT2D eigenvalue weighted by molar-refractivity contribution is 7.91. The molecule has 1 aliphatic heterocycles. The Hall–Kier alpha value is -1.03. The van der Waals surface area contributed by atoms with Gasteiger partial charge in [0, 0.05) is 6.54 Å². The average molecular weight is 239 g/mol. The third-order valence-corrected chi connectivity index (χ3v) is 5.00. The minimum atomic E-state index is -3.17. The van der Waals surface area contributed by atoms with Crippen LogP contribution in [0.1, 0.15) is 19.4 Å². The van der Waals surface area contributed by atoms with Gasteiger partial charge in [-0.15, -0.1) is 0 Å². The fourth-order valence-electron chi connectivity index (χ4n) is 2.03. The molecule has 3 nitrogen and oxygen atoms in total. The fraction of sp³-hybridized carbons (Fsp3) is 0.500. The molecule has 0 aliphatic carbocycles. The number of nitrogens with one attached hydrogen (secondary N) is 1. The number of fused-ring (bicyclic) bond motifs is 1. The molecule has 88 valence electrons. The van der Waals surface area contributed by atoms with Crippen LogP contribution in [0.5, 0.6) is 0 Å². The van der Waals surface area contributed by atoms with Crippen molar-refractivity contribution < 1.29 is 8.42 Å². The van der Waals surface area contributed by atoms with Gasteiger partial charge >= 0.3 is 0 Å². The van der Waals surface area contributed by atoms with E-state index in [4.69, 9.17) is 0 Å². The molecule has 1 aliphatic rings. The van der Waals surface area contributed by atoms with E-state index >= 15 is 0 Å². The average Bonchev–Trinajstić information content (AvgIpc) is 2.20. The van der Waals surface area contributed by atoms with Crippen molar-refractivity contribution >= 4 is 15.5 Å². The summed E-state index contributed by atoms with van der Waals surface area (Å²) in [5, 5.41) is 3.23. The summed E-state index contributed by atoms with van der Waals surface area (Å²) in [6.07, 6.45) is 0. The quantitative estimate of drug-likeness (QED) is 0.755. The van der Waals surface area contributed by atoms with Crippen LogP contribution in [0.2, 0.25) is 0 Å². The second-order valence-corrected chi connectivity index (χ2v) is 7.23. The van der Waals surface area contributed by atoms with Crippen LogP contribution in [-0.4, -0.2) is 20.7 Å². The highest BCUT2D eigenvalue weighted by Gasteiger charge is 2.32. The Kier molecular flexibility index (Phi) is 2.49. The van der Waals surface area contributed by atoms with Gasteiger partial charge in [-0.25, -0.2) is 8.42 Å². The molecule has 1 N–H and O–H groups in total. The smallest absolute Gasteiger partial charge is 0.181 e. The summed E-state index contributed by atoms with van der Waals surface area (Å²) < 4.78 is 24.4. The SMILES string of the molecule is Cc1ccc2c(c1)NCC(C)(C)CS2(=O)=O. The highest BCUT2D eigenvalue weighted by atomic mass is 32.2. The molecule has 0 radical (unpaired) electrons. The van der Waals surface area contributed by atoms with Crippen molar-refractivity contribution in [1.29, 1.82) is 0 Å². The first-order chi connectivity index (χ1) is 7.30. The molecule has 16 heavy (non-hydrogen) atoms. The van der Waals surface area contributed by atoms with Crippen LogP contribution >= 0.6 is 0 Å². The molecule has 1 aromatic carbocycles. The minimum Gasteiger partial charge on any atom is -0.383 e. The first kappa shape index (κ1) is 11.5. The van der Waals surface area contributed by atoms with Gasteiger partial charge < -0.3 is 5.32 Å². The summed E-state index contributed by atoms with van der Waals surface area (Å²) in [7, 11) is -3.17. The van der Waals surface area contributed by atoms with Crippen molar-refractivity contribution in [3.05, 3.63) is 23.8 Å². The molecule has 0 atom stereocenters. The topological polar surface area (TPSA) is 46.2 Å². The van der Waals surface area contributed by atoms with E-state index in [1.54, 1.807) is 6.07 Å². The summed E-state index contributed by atoms with van der Waals surface area (Å²) in [5.41, 5.74) is 1.58. The zero-order valence-corrected chi connectivity index (χ0v) is 10.7. The monoisotopic (exact) mass is 239 g/mol. The number of aryl methyl sites for hydroxylation is 1. The summed E-state index contributed by atoms with van der Waals surface area (Å²) >= 11 is 0. The highest BCUT2D eigenvalue weighted by Crippen LogP contribution is 2.32. The van der Waals surface area contributed by atoms with Crippen molar-refractivity contribution in [2.24, 2.45) is 5.41 Å². The van der Waals surface area contributed by atoms with E-state index in [-0.39, 0.29) is 11.2 Å². The standard InChI is InChI=1S/C12H17NO2S/c1-9-4-5-11-10(6-9)13-7-12(2,3)8-16(11,14)15/h4-6,13H,7-8H2,1-3H3. The number of rotatable bonds is 0. The van der Waals surface area contributed by atoms with Gasteiger partial charge in [-0.3, -0.25) is 0 Å². The Bertz CT molecular complexity index is 518. The summed E-state index contributed by atoms with van der Waals surface area (Å²) in [6, 6.07) is 5.44. The van der Waals surface area contributed by atoms with Crippen LogP contribution in [0, 0.1) is 12.3 Å². The summed E-state index contributed by atoms with van der Waals surface area (Å²) in [5.74, 6) is 0.197. The molecule has 0 saturated heterocycles. The second-order valence-electron chi connectivity index (χ2n) is 5.28. The molecule has 0 amide bonds. The van der Waals surface area contributed by atoms with Gasteiger partial charge in [0.25, 0.3) is 0 Å². The van der Waals surface area contributed by atoms with Gasteiger partial charge in [0.1, 0.15) is 0 Å². The Morgan fingerprint density at radius 3 is 2.69 bits per heavy atom. The predicted molar refractivity (Wildman–Crippen MR) is 65.5 cm³/mol. The number of hydrogen-bond acceptors (Lipinski definition) is 3. The first-order valence-corrected chi connectivity index (χ1v) is 7.03. The van der Waals surface area contributed by atoms with Crippen LogP contribution in [0.4, 0.5) is 5.69 Å². The third-order valence-electron chi connectivity index (χ3n) is 2.81. The van der Waals surface area contributed by atoms with Crippen molar-refractivity contribution in [3.8, 4) is 0 Å². The van der Waals surface area contributed by atoms with E-state index in [1.807, 2.05) is 32.9 Å². The van der Waals surface area contributed by atoms with Crippen molar-refractivity contribution in [3.63, 3.8) is 0 Å². The molecule has 0 bridgehead atoms. The lowest BCUT2D eigenvalue weighted by molar-refractivity contribution is 0.442. The predicted octanol–water partition coefficient (Wildman–Crippen LogP) is 2.22. The van der Waals surface area contributed by atoms with E-state index in [0.29, 0.717) is 11.4 Å². The van der Waals surface area contributed by atoms with Gasteiger partial charge in [-0.1, -0.05) is 19.9 Å². The molecule has 1 aromatic rings. The lowest BCUT2D eigenvalue weighted by Gasteiger charge is -2.20. The van der Waals surface area contributed by atoms with Gasteiger partial charge in [-0.2, -0.15) is 0 Å². The lowest BCUT2D eigenvalue weighted by atomic mass is 9.96. The maximum absolute atomic E-state index is 12.2. The van der Waals surface area contributed by atoms with E-state index < -0.39 is 9.84 Å². The maximum Gasteiger partial charge on any atom is 0.181 e. The minimum absolute atomic E-state index is 0.197.